The van der Waals surface area contributed by atoms with Crippen molar-refractivity contribution in [2.24, 2.45) is 0 Å². The van der Waals surface area contributed by atoms with E-state index in [1.807, 2.05) is 0 Å². The Bertz CT molecular complexity index is 215. The molecule has 0 aromatic rings. The number of carbonyl (C=O) groups excluding carboxylic acids is 1. The van der Waals surface area contributed by atoms with Gasteiger partial charge in [0.05, 0.1) is 13.4 Å². The van der Waals surface area contributed by atoms with Gasteiger partial charge in [0.25, 0.3) is 5.97 Å². The molecule has 92 valence electrons. The standard InChI is InChI=1S/C3H5NO2.C2H5BO3.C2H4O2/c1-6-3(5)2-4;1-2-6-3(4)5;1-2(3)4/h2,4H,1H3;2,4-5H,1H2;1H3,(H,3,4). The van der Waals surface area contributed by atoms with Gasteiger partial charge in [-0.3, -0.25) is 4.79 Å². The third-order valence-corrected chi connectivity index (χ3v) is 0.537. The van der Waals surface area contributed by atoms with Crippen LogP contribution >= 0.6 is 0 Å². The van der Waals surface area contributed by atoms with E-state index in [1.54, 1.807) is 0 Å². The predicted octanol–water partition coefficient (Wildman–Crippen LogP) is -0.984. The molecule has 0 aliphatic heterocycles. The largest absolute Gasteiger partial charge is 0.707 e. The molecule has 0 aromatic heterocycles. The molecule has 0 saturated heterocycles. The summed E-state index contributed by atoms with van der Waals surface area (Å²) in [6, 6.07) is 0. The van der Waals surface area contributed by atoms with Crippen LogP contribution in [0.5, 0.6) is 0 Å². The Balaban J connectivity index is -0.000000162. The van der Waals surface area contributed by atoms with Crippen molar-refractivity contribution in [1.29, 1.82) is 5.41 Å². The van der Waals surface area contributed by atoms with Gasteiger partial charge in [0.1, 0.15) is 6.21 Å². The number of ether oxygens (including phenoxy) is 1. The zero-order valence-corrected chi connectivity index (χ0v) is 8.91. The predicted molar refractivity (Wildman–Crippen MR) is 55.6 cm³/mol. The Hall–Kier alpha value is -1.87. The van der Waals surface area contributed by atoms with E-state index in [0.717, 1.165) is 13.2 Å². The summed E-state index contributed by atoms with van der Waals surface area (Å²) in [5, 5.41) is 29.3. The van der Waals surface area contributed by atoms with E-state index >= 15 is 0 Å². The maximum atomic E-state index is 9.72. The lowest BCUT2D eigenvalue weighted by atomic mass is 10.3. The first-order valence-corrected chi connectivity index (χ1v) is 3.72. The summed E-state index contributed by atoms with van der Waals surface area (Å²) in [4.78, 5) is 18.7. The van der Waals surface area contributed by atoms with E-state index in [9.17, 15) is 4.79 Å². The first-order chi connectivity index (χ1) is 7.31. The van der Waals surface area contributed by atoms with Crippen molar-refractivity contribution in [3.8, 4) is 0 Å². The maximum absolute atomic E-state index is 9.72. The van der Waals surface area contributed by atoms with Crippen LogP contribution in [0.4, 0.5) is 0 Å². The van der Waals surface area contributed by atoms with Crippen LogP contribution in [0.3, 0.4) is 0 Å². The molecular formula is C7H14BNO7. The molecule has 0 spiro atoms. The van der Waals surface area contributed by atoms with Crippen molar-refractivity contribution >= 4 is 25.5 Å². The molecule has 16 heavy (non-hydrogen) atoms. The molecule has 0 radical (unpaired) electrons. The average Bonchev–Trinajstić information content (AvgIpc) is 2.16. The SMILES string of the molecule is C=COB(O)O.CC(=O)O.COC(=O)C=N. The van der Waals surface area contributed by atoms with Crippen molar-refractivity contribution in [1.82, 2.24) is 0 Å². The Morgan fingerprint density at radius 2 is 1.81 bits per heavy atom. The van der Waals surface area contributed by atoms with Crippen LogP contribution in [-0.2, 0) is 19.0 Å². The first-order valence-electron chi connectivity index (χ1n) is 3.72. The molecule has 0 aliphatic carbocycles. The van der Waals surface area contributed by atoms with Gasteiger partial charge in [-0.15, -0.1) is 0 Å². The lowest BCUT2D eigenvalue weighted by molar-refractivity contribution is -0.134. The van der Waals surface area contributed by atoms with Crippen molar-refractivity contribution in [3.05, 3.63) is 12.8 Å². The van der Waals surface area contributed by atoms with Gasteiger partial charge in [-0.25, -0.2) is 4.79 Å². The molecule has 4 N–H and O–H groups in total. The summed E-state index contributed by atoms with van der Waals surface area (Å²) in [6.45, 7) is 4.14. The highest BCUT2D eigenvalue weighted by Crippen LogP contribution is 1.70. The second-order valence-corrected chi connectivity index (χ2v) is 1.82. The third-order valence-electron chi connectivity index (χ3n) is 0.537. The molecule has 0 amide bonds. The summed E-state index contributed by atoms with van der Waals surface area (Å²) in [5.74, 6) is -1.45. The fraction of sp³-hybridized carbons (Fsp3) is 0.286. The topological polar surface area (TPSA) is 137 Å². The molecule has 0 saturated carbocycles. The number of hydrogen-bond acceptors (Lipinski definition) is 7. The molecule has 0 fully saturated rings. The fourth-order valence-corrected chi connectivity index (χ4v) is 0.145. The molecule has 8 nitrogen and oxygen atoms in total. The number of carbonyl (C=O) groups is 2. The summed E-state index contributed by atoms with van der Waals surface area (Å²) >= 11 is 0. The van der Waals surface area contributed by atoms with Crippen LogP contribution in [0, 0.1) is 5.41 Å². The second kappa shape index (κ2) is 15.6. The molecule has 0 aromatic carbocycles. The van der Waals surface area contributed by atoms with Crippen molar-refractivity contribution < 1.29 is 34.1 Å². The molecule has 0 unspecified atom stereocenters. The van der Waals surface area contributed by atoms with E-state index < -0.39 is 19.3 Å². The van der Waals surface area contributed by atoms with Crippen LogP contribution in [0.25, 0.3) is 0 Å². The van der Waals surface area contributed by atoms with Crippen LogP contribution in [0.15, 0.2) is 12.8 Å². The van der Waals surface area contributed by atoms with E-state index in [2.05, 4.69) is 16.0 Å². The highest BCUT2D eigenvalue weighted by molar-refractivity contribution is 6.32. The lowest BCUT2D eigenvalue weighted by Gasteiger charge is -1.90. The van der Waals surface area contributed by atoms with E-state index in [1.165, 1.54) is 7.11 Å². The minimum Gasteiger partial charge on any atom is -0.519 e. The normalized spacial score (nSPS) is 6.75. The minimum absolute atomic E-state index is 0.611. The summed E-state index contributed by atoms with van der Waals surface area (Å²) in [5.41, 5.74) is 0. The Morgan fingerprint density at radius 3 is 1.81 bits per heavy atom. The summed E-state index contributed by atoms with van der Waals surface area (Å²) in [7, 11) is -0.490. The lowest BCUT2D eigenvalue weighted by Crippen LogP contribution is -2.12. The van der Waals surface area contributed by atoms with Crippen LogP contribution in [0.1, 0.15) is 6.92 Å². The fourth-order valence-electron chi connectivity index (χ4n) is 0.145. The quantitative estimate of drug-likeness (QED) is 0.213. The van der Waals surface area contributed by atoms with Crippen molar-refractivity contribution in [3.63, 3.8) is 0 Å². The number of aliphatic carboxylic acids is 1. The number of methoxy groups -OCH3 is 1. The zero-order chi connectivity index (χ0) is 13.6. The molecule has 0 heterocycles. The Morgan fingerprint density at radius 1 is 1.44 bits per heavy atom. The molecule has 9 heteroatoms. The van der Waals surface area contributed by atoms with Crippen LogP contribution in [-0.4, -0.2) is 47.7 Å². The highest BCUT2D eigenvalue weighted by Gasteiger charge is 2.04. The van der Waals surface area contributed by atoms with Crippen molar-refractivity contribution in [2.45, 2.75) is 6.92 Å². The zero-order valence-electron chi connectivity index (χ0n) is 8.91. The number of carboxylic acid groups (broad SMARTS) is 1. The van der Waals surface area contributed by atoms with Gasteiger partial charge in [-0.05, 0) is 0 Å². The number of esters is 1. The monoisotopic (exact) mass is 235 g/mol. The molecule has 0 atom stereocenters. The van der Waals surface area contributed by atoms with Gasteiger partial charge in [-0.1, -0.05) is 6.58 Å². The molecule has 0 rings (SSSR count). The van der Waals surface area contributed by atoms with Crippen LogP contribution < -0.4 is 0 Å². The van der Waals surface area contributed by atoms with Gasteiger partial charge in [0, 0.05) is 6.92 Å². The summed E-state index contributed by atoms with van der Waals surface area (Å²) in [6.07, 6.45) is 1.56. The third kappa shape index (κ3) is 57.1. The van der Waals surface area contributed by atoms with E-state index in [0.29, 0.717) is 6.21 Å². The van der Waals surface area contributed by atoms with E-state index in [-0.39, 0.29) is 0 Å². The molecular weight excluding hydrogens is 221 g/mol. The van der Waals surface area contributed by atoms with Gasteiger partial charge in [0.2, 0.25) is 0 Å². The van der Waals surface area contributed by atoms with Gasteiger partial charge < -0.3 is 30.0 Å². The molecule has 0 bridgehead atoms. The number of hydrogen-bond donors (Lipinski definition) is 4. The van der Waals surface area contributed by atoms with Crippen molar-refractivity contribution in [2.75, 3.05) is 7.11 Å². The van der Waals surface area contributed by atoms with Gasteiger partial charge in [-0.2, -0.15) is 0 Å². The van der Waals surface area contributed by atoms with Gasteiger partial charge in [0.15, 0.2) is 0 Å². The maximum Gasteiger partial charge on any atom is 0.707 e. The smallest absolute Gasteiger partial charge is 0.519 e. The summed E-state index contributed by atoms with van der Waals surface area (Å²) < 4.78 is 7.93. The average molecular weight is 235 g/mol. The van der Waals surface area contributed by atoms with Crippen LogP contribution in [0.2, 0.25) is 0 Å². The van der Waals surface area contributed by atoms with E-state index in [4.69, 9.17) is 25.4 Å². The Labute approximate surface area is 92.8 Å². The highest BCUT2D eigenvalue weighted by atomic mass is 16.6. The first kappa shape index (κ1) is 19.7. The molecule has 0 aliphatic rings. The minimum atomic E-state index is -1.72. The number of rotatable bonds is 3. The number of carboxylic acids is 1. The van der Waals surface area contributed by atoms with Gasteiger partial charge >= 0.3 is 13.3 Å². The Kier molecular flexibility index (Phi) is 19.2. The second-order valence-electron chi connectivity index (χ2n) is 1.82. The number of nitrogens with one attached hydrogen (secondary N) is 1.